The zero-order chi connectivity index (χ0) is 12.8. The number of aromatic nitrogens is 1. The number of hydrogen-bond donors (Lipinski definition) is 1. The van der Waals surface area contributed by atoms with Gasteiger partial charge >= 0.3 is 0 Å². The van der Waals surface area contributed by atoms with Gasteiger partial charge in [-0.25, -0.2) is 0 Å². The van der Waals surface area contributed by atoms with Crippen LogP contribution in [0.4, 0.5) is 0 Å². The van der Waals surface area contributed by atoms with Gasteiger partial charge in [-0.05, 0) is 42.9 Å². The minimum Gasteiger partial charge on any atom is -0.487 e. The molecule has 0 saturated heterocycles. The number of ether oxygens (including phenoxy) is 1. The van der Waals surface area contributed by atoms with Crippen molar-refractivity contribution in [3.63, 3.8) is 0 Å². The second-order valence-corrected chi connectivity index (χ2v) is 4.85. The van der Waals surface area contributed by atoms with Crippen LogP contribution in [-0.2, 0) is 13.2 Å². The molecule has 0 spiro atoms. The van der Waals surface area contributed by atoms with Gasteiger partial charge in [0.15, 0.2) is 0 Å². The molecule has 2 aromatic rings. The molecule has 94 valence electrons. The first-order valence-corrected chi connectivity index (χ1v) is 6.54. The van der Waals surface area contributed by atoms with E-state index in [9.17, 15) is 0 Å². The maximum atomic E-state index is 5.65. The van der Waals surface area contributed by atoms with Crippen molar-refractivity contribution in [3.8, 4) is 5.75 Å². The predicted octanol–water partition coefficient (Wildman–Crippen LogP) is 3.14. The molecule has 1 heterocycles. The Morgan fingerprint density at radius 1 is 1.17 bits per heavy atom. The number of rotatable bonds is 5. The molecule has 4 heteroatoms. The first-order chi connectivity index (χ1) is 8.78. The Bertz CT molecular complexity index is 482. The normalized spacial score (nSPS) is 10.3. The van der Waals surface area contributed by atoms with E-state index in [2.05, 4.69) is 32.3 Å². The summed E-state index contributed by atoms with van der Waals surface area (Å²) in [6.45, 7) is 1.32. The molecule has 0 amide bonds. The van der Waals surface area contributed by atoms with Gasteiger partial charge in [0.1, 0.15) is 12.4 Å². The Labute approximate surface area is 115 Å². The molecule has 0 radical (unpaired) electrons. The van der Waals surface area contributed by atoms with Crippen LogP contribution in [-0.4, -0.2) is 12.0 Å². The summed E-state index contributed by atoms with van der Waals surface area (Å²) in [5.74, 6) is 0.847. The zero-order valence-electron chi connectivity index (χ0n) is 10.2. The topological polar surface area (TPSA) is 34.1 Å². The summed E-state index contributed by atoms with van der Waals surface area (Å²) in [7, 11) is 1.92. The Morgan fingerprint density at radius 3 is 2.56 bits per heavy atom. The highest BCUT2D eigenvalue weighted by atomic mass is 79.9. The molecule has 1 N–H and O–H groups in total. The van der Waals surface area contributed by atoms with Gasteiger partial charge in [0, 0.05) is 17.2 Å². The molecule has 3 nitrogen and oxygen atoms in total. The highest BCUT2D eigenvalue weighted by molar-refractivity contribution is 9.10. The molecular weight excluding hydrogens is 292 g/mol. The number of pyridine rings is 1. The molecule has 0 atom stereocenters. The molecule has 18 heavy (non-hydrogen) atoms. The fraction of sp³-hybridized carbons (Fsp3) is 0.214. The Kier molecular flexibility index (Phi) is 4.73. The summed E-state index contributed by atoms with van der Waals surface area (Å²) in [5.41, 5.74) is 2.10. The molecule has 1 aromatic carbocycles. The molecule has 0 bridgehead atoms. The molecule has 0 aliphatic carbocycles. The maximum Gasteiger partial charge on any atom is 0.130 e. The van der Waals surface area contributed by atoms with E-state index in [0.29, 0.717) is 6.61 Å². The van der Waals surface area contributed by atoms with Crippen molar-refractivity contribution in [2.45, 2.75) is 13.2 Å². The van der Waals surface area contributed by atoms with E-state index in [1.807, 2.05) is 43.6 Å². The van der Waals surface area contributed by atoms with Crippen LogP contribution in [0.15, 0.2) is 47.1 Å². The van der Waals surface area contributed by atoms with Gasteiger partial charge in [-0.15, -0.1) is 0 Å². The van der Waals surface area contributed by atoms with Gasteiger partial charge in [-0.3, -0.25) is 4.98 Å². The van der Waals surface area contributed by atoms with Gasteiger partial charge in [0.2, 0.25) is 0 Å². The number of nitrogens with zero attached hydrogens (tertiary/aromatic N) is 1. The summed E-state index contributed by atoms with van der Waals surface area (Å²) in [5, 5.41) is 3.09. The van der Waals surface area contributed by atoms with Crippen molar-refractivity contribution in [2.75, 3.05) is 7.05 Å². The van der Waals surface area contributed by atoms with Crippen LogP contribution in [0.25, 0.3) is 0 Å². The van der Waals surface area contributed by atoms with Crippen molar-refractivity contribution < 1.29 is 4.74 Å². The van der Waals surface area contributed by atoms with Gasteiger partial charge in [-0.1, -0.05) is 22.0 Å². The molecular formula is C14H15BrN2O. The maximum absolute atomic E-state index is 5.65. The van der Waals surface area contributed by atoms with Crippen LogP contribution in [0.5, 0.6) is 5.75 Å². The van der Waals surface area contributed by atoms with Crippen molar-refractivity contribution in [1.29, 1.82) is 0 Å². The fourth-order valence-electron chi connectivity index (χ4n) is 1.54. The van der Waals surface area contributed by atoms with Gasteiger partial charge in [0.05, 0.1) is 5.69 Å². The minimum atomic E-state index is 0.488. The monoisotopic (exact) mass is 306 g/mol. The lowest BCUT2D eigenvalue weighted by Gasteiger charge is -2.06. The van der Waals surface area contributed by atoms with E-state index in [4.69, 9.17) is 4.74 Å². The van der Waals surface area contributed by atoms with Crippen LogP contribution < -0.4 is 10.1 Å². The molecule has 0 aliphatic rings. The first kappa shape index (κ1) is 13.1. The highest BCUT2D eigenvalue weighted by Gasteiger charge is 1.98. The van der Waals surface area contributed by atoms with Gasteiger partial charge < -0.3 is 10.1 Å². The standard InChI is InChI=1S/C14H15BrN2O/c1-16-8-11-2-5-13(17-9-11)10-18-14-6-3-12(15)4-7-14/h2-7,9,16H,8,10H2,1H3. The predicted molar refractivity (Wildman–Crippen MR) is 75.5 cm³/mol. The third-order valence-electron chi connectivity index (χ3n) is 2.47. The van der Waals surface area contributed by atoms with E-state index < -0.39 is 0 Å². The average Bonchev–Trinajstić information content (AvgIpc) is 2.40. The summed E-state index contributed by atoms with van der Waals surface area (Å²) < 4.78 is 6.69. The van der Waals surface area contributed by atoms with Crippen LogP contribution in [0.3, 0.4) is 0 Å². The van der Waals surface area contributed by atoms with Crippen LogP contribution in [0.2, 0.25) is 0 Å². The second-order valence-electron chi connectivity index (χ2n) is 3.93. The Hall–Kier alpha value is -1.39. The lowest BCUT2D eigenvalue weighted by atomic mass is 10.2. The number of hydrogen-bond acceptors (Lipinski definition) is 3. The third kappa shape index (κ3) is 3.82. The van der Waals surface area contributed by atoms with Gasteiger partial charge in [0.25, 0.3) is 0 Å². The molecule has 2 rings (SSSR count). The van der Waals surface area contributed by atoms with Crippen LogP contribution in [0.1, 0.15) is 11.3 Å². The van der Waals surface area contributed by atoms with Crippen molar-refractivity contribution in [3.05, 3.63) is 58.3 Å². The Balaban J connectivity index is 1.91. The quantitative estimate of drug-likeness (QED) is 0.921. The van der Waals surface area contributed by atoms with E-state index in [1.165, 1.54) is 5.56 Å². The van der Waals surface area contributed by atoms with Crippen LogP contribution >= 0.6 is 15.9 Å². The first-order valence-electron chi connectivity index (χ1n) is 5.74. The SMILES string of the molecule is CNCc1ccc(COc2ccc(Br)cc2)nc1. The fourth-order valence-corrected chi connectivity index (χ4v) is 1.80. The molecule has 0 unspecified atom stereocenters. The highest BCUT2D eigenvalue weighted by Crippen LogP contribution is 2.17. The molecule has 1 aromatic heterocycles. The summed E-state index contributed by atoms with van der Waals surface area (Å²) in [6.07, 6.45) is 1.87. The Morgan fingerprint density at radius 2 is 1.94 bits per heavy atom. The smallest absolute Gasteiger partial charge is 0.130 e. The van der Waals surface area contributed by atoms with Gasteiger partial charge in [-0.2, -0.15) is 0 Å². The lowest BCUT2D eigenvalue weighted by Crippen LogP contribution is -2.06. The number of benzene rings is 1. The summed E-state index contributed by atoms with van der Waals surface area (Å²) in [4.78, 5) is 4.36. The molecule has 0 fully saturated rings. The molecule has 0 aliphatic heterocycles. The van der Waals surface area contributed by atoms with Crippen molar-refractivity contribution >= 4 is 15.9 Å². The summed E-state index contributed by atoms with van der Waals surface area (Å²) in [6, 6.07) is 11.8. The minimum absolute atomic E-state index is 0.488. The lowest BCUT2D eigenvalue weighted by molar-refractivity contribution is 0.301. The molecule has 0 saturated carbocycles. The van der Waals surface area contributed by atoms with Crippen molar-refractivity contribution in [1.82, 2.24) is 10.3 Å². The van der Waals surface area contributed by atoms with E-state index in [1.54, 1.807) is 0 Å². The van der Waals surface area contributed by atoms with E-state index in [-0.39, 0.29) is 0 Å². The third-order valence-corrected chi connectivity index (χ3v) is 3.00. The van der Waals surface area contributed by atoms with E-state index in [0.717, 1.165) is 22.5 Å². The van der Waals surface area contributed by atoms with Crippen molar-refractivity contribution in [2.24, 2.45) is 0 Å². The zero-order valence-corrected chi connectivity index (χ0v) is 11.8. The second kappa shape index (κ2) is 6.52. The number of halogens is 1. The largest absolute Gasteiger partial charge is 0.487 e. The number of nitrogens with one attached hydrogen (secondary N) is 1. The van der Waals surface area contributed by atoms with E-state index >= 15 is 0 Å². The van der Waals surface area contributed by atoms with Crippen LogP contribution in [0, 0.1) is 0 Å². The summed E-state index contributed by atoms with van der Waals surface area (Å²) >= 11 is 3.39. The average molecular weight is 307 g/mol.